The summed E-state index contributed by atoms with van der Waals surface area (Å²) in [4.78, 5) is 11.9. The van der Waals surface area contributed by atoms with E-state index in [-0.39, 0.29) is 18.2 Å². The van der Waals surface area contributed by atoms with Crippen LogP contribution in [0.5, 0.6) is 0 Å². The van der Waals surface area contributed by atoms with E-state index in [4.69, 9.17) is 0 Å². The zero-order chi connectivity index (χ0) is 16.9. The van der Waals surface area contributed by atoms with Crippen molar-refractivity contribution in [2.24, 2.45) is 0 Å². The highest BCUT2D eigenvalue weighted by atomic mass is 19.2. The molecule has 0 unspecified atom stereocenters. The van der Waals surface area contributed by atoms with Crippen molar-refractivity contribution < 1.29 is 13.6 Å². The maximum absolute atomic E-state index is 13.1. The number of rotatable bonds is 5. The standard InChI is InChI=1S/C15H12F2N6O/c16-12-7-6-10(8-13(12)17)19-14(24)9-18-15-20-21-22-23(15)11-4-2-1-3-5-11/h1-8H,9H2,(H,19,24)(H,18,20,22). The molecule has 24 heavy (non-hydrogen) atoms. The number of tetrazole rings is 1. The number of nitrogens with one attached hydrogen (secondary N) is 2. The summed E-state index contributed by atoms with van der Waals surface area (Å²) in [6.07, 6.45) is 0. The SMILES string of the molecule is O=C(CNc1nnnn1-c1ccccc1)Nc1ccc(F)c(F)c1. The Morgan fingerprint density at radius 3 is 2.62 bits per heavy atom. The summed E-state index contributed by atoms with van der Waals surface area (Å²) in [5.41, 5.74) is 0.884. The van der Waals surface area contributed by atoms with Crippen LogP contribution in [0.15, 0.2) is 48.5 Å². The van der Waals surface area contributed by atoms with Gasteiger partial charge in [0, 0.05) is 11.8 Å². The number of halogens is 2. The van der Waals surface area contributed by atoms with Crippen molar-refractivity contribution in [3.05, 3.63) is 60.2 Å². The zero-order valence-electron chi connectivity index (χ0n) is 12.3. The summed E-state index contributed by atoms with van der Waals surface area (Å²) in [5.74, 6) is -2.19. The number of amides is 1. The Hall–Kier alpha value is -3.36. The molecule has 0 aliphatic rings. The Bertz CT molecular complexity index is 852. The van der Waals surface area contributed by atoms with Gasteiger partial charge in [-0.3, -0.25) is 4.79 Å². The smallest absolute Gasteiger partial charge is 0.248 e. The van der Waals surface area contributed by atoms with Crippen LogP contribution in [0.2, 0.25) is 0 Å². The number of benzene rings is 2. The molecule has 2 N–H and O–H groups in total. The van der Waals surface area contributed by atoms with Gasteiger partial charge in [0.25, 0.3) is 0 Å². The fraction of sp³-hybridized carbons (Fsp3) is 0.0667. The van der Waals surface area contributed by atoms with Crippen LogP contribution in [0.25, 0.3) is 5.69 Å². The van der Waals surface area contributed by atoms with E-state index in [0.717, 1.165) is 17.8 Å². The molecule has 0 aliphatic heterocycles. The fourth-order valence-corrected chi connectivity index (χ4v) is 1.98. The first-order valence-corrected chi connectivity index (χ1v) is 6.96. The van der Waals surface area contributed by atoms with E-state index < -0.39 is 17.5 Å². The van der Waals surface area contributed by atoms with Crippen molar-refractivity contribution in [3.63, 3.8) is 0 Å². The van der Waals surface area contributed by atoms with Gasteiger partial charge in [0.05, 0.1) is 12.2 Å². The molecule has 0 fully saturated rings. The number of hydrogen-bond donors (Lipinski definition) is 2. The first kappa shape index (κ1) is 15.5. The topological polar surface area (TPSA) is 84.7 Å². The molecule has 2 aromatic carbocycles. The van der Waals surface area contributed by atoms with E-state index in [0.29, 0.717) is 0 Å². The number of para-hydroxylation sites is 1. The second-order valence-electron chi connectivity index (χ2n) is 4.78. The van der Waals surface area contributed by atoms with E-state index in [2.05, 4.69) is 26.2 Å². The molecule has 1 aromatic heterocycles. The molecule has 1 heterocycles. The first-order chi connectivity index (χ1) is 11.6. The summed E-state index contributed by atoms with van der Waals surface area (Å²) in [7, 11) is 0. The highest BCUT2D eigenvalue weighted by Gasteiger charge is 2.10. The van der Waals surface area contributed by atoms with Gasteiger partial charge in [-0.15, -0.1) is 0 Å². The Labute approximate surface area is 135 Å². The number of carbonyl (C=O) groups is 1. The van der Waals surface area contributed by atoms with Gasteiger partial charge in [0.15, 0.2) is 11.6 Å². The summed E-state index contributed by atoms with van der Waals surface area (Å²) in [5, 5.41) is 16.4. The van der Waals surface area contributed by atoms with Crippen molar-refractivity contribution >= 4 is 17.5 Å². The van der Waals surface area contributed by atoms with Crippen LogP contribution in [0.1, 0.15) is 0 Å². The van der Waals surface area contributed by atoms with Crippen LogP contribution in [-0.4, -0.2) is 32.7 Å². The van der Waals surface area contributed by atoms with Gasteiger partial charge >= 0.3 is 0 Å². The molecular weight excluding hydrogens is 318 g/mol. The van der Waals surface area contributed by atoms with Crippen molar-refractivity contribution in [2.75, 3.05) is 17.2 Å². The lowest BCUT2D eigenvalue weighted by molar-refractivity contribution is -0.114. The van der Waals surface area contributed by atoms with Crippen molar-refractivity contribution in [2.45, 2.75) is 0 Å². The quantitative estimate of drug-likeness (QED) is 0.747. The lowest BCUT2D eigenvalue weighted by Gasteiger charge is -2.08. The van der Waals surface area contributed by atoms with E-state index >= 15 is 0 Å². The van der Waals surface area contributed by atoms with Gasteiger partial charge in [0.1, 0.15) is 0 Å². The van der Waals surface area contributed by atoms with Gasteiger partial charge in [0.2, 0.25) is 11.9 Å². The minimum absolute atomic E-state index is 0.147. The van der Waals surface area contributed by atoms with Crippen molar-refractivity contribution in [3.8, 4) is 5.69 Å². The van der Waals surface area contributed by atoms with Crippen LogP contribution in [0.3, 0.4) is 0 Å². The Morgan fingerprint density at radius 2 is 1.88 bits per heavy atom. The third kappa shape index (κ3) is 3.51. The molecule has 1 amide bonds. The Morgan fingerprint density at radius 1 is 1.08 bits per heavy atom. The van der Waals surface area contributed by atoms with Crippen molar-refractivity contribution in [1.29, 1.82) is 0 Å². The third-order valence-electron chi connectivity index (χ3n) is 3.08. The molecular formula is C15H12F2N6O. The van der Waals surface area contributed by atoms with Gasteiger partial charge in [-0.25, -0.2) is 8.78 Å². The molecule has 7 nitrogen and oxygen atoms in total. The van der Waals surface area contributed by atoms with E-state index in [1.165, 1.54) is 10.7 Å². The van der Waals surface area contributed by atoms with Gasteiger partial charge < -0.3 is 10.6 Å². The fourth-order valence-electron chi connectivity index (χ4n) is 1.98. The largest absolute Gasteiger partial charge is 0.344 e. The molecule has 3 aromatic rings. The molecule has 0 saturated heterocycles. The van der Waals surface area contributed by atoms with Gasteiger partial charge in [-0.2, -0.15) is 4.68 Å². The van der Waals surface area contributed by atoms with Crippen LogP contribution in [0.4, 0.5) is 20.4 Å². The monoisotopic (exact) mass is 330 g/mol. The number of hydrogen-bond acceptors (Lipinski definition) is 5. The zero-order valence-corrected chi connectivity index (χ0v) is 12.3. The van der Waals surface area contributed by atoms with Gasteiger partial charge in [-0.1, -0.05) is 23.3 Å². The molecule has 9 heteroatoms. The second kappa shape index (κ2) is 6.82. The lowest BCUT2D eigenvalue weighted by atomic mass is 10.3. The summed E-state index contributed by atoms with van der Waals surface area (Å²) in [6.45, 7) is -0.147. The molecule has 0 bridgehead atoms. The molecule has 0 radical (unpaired) electrons. The third-order valence-corrected chi connectivity index (χ3v) is 3.08. The molecule has 0 aliphatic carbocycles. The average Bonchev–Trinajstić information content (AvgIpc) is 3.06. The highest BCUT2D eigenvalue weighted by Crippen LogP contribution is 2.13. The molecule has 122 valence electrons. The first-order valence-electron chi connectivity index (χ1n) is 6.96. The lowest BCUT2D eigenvalue weighted by Crippen LogP contribution is -2.23. The van der Waals surface area contributed by atoms with E-state index in [1.807, 2.05) is 30.3 Å². The Balaban J connectivity index is 1.63. The predicted octanol–water partition coefficient (Wildman–Crippen LogP) is 1.99. The number of anilines is 2. The molecule has 3 rings (SSSR count). The number of aromatic nitrogens is 4. The van der Waals surface area contributed by atoms with E-state index in [9.17, 15) is 13.6 Å². The normalized spacial score (nSPS) is 10.4. The summed E-state index contributed by atoms with van der Waals surface area (Å²) >= 11 is 0. The maximum Gasteiger partial charge on any atom is 0.248 e. The minimum atomic E-state index is -1.03. The number of nitrogens with zero attached hydrogens (tertiary/aromatic N) is 4. The van der Waals surface area contributed by atoms with Gasteiger partial charge in [-0.05, 0) is 34.7 Å². The summed E-state index contributed by atoms with van der Waals surface area (Å²) in [6, 6.07) is 12.2. The second-order valence-corrected chi connectivity index (χ2v) is 4.78. The summed E-state index contributed by atoms with van der Waals surface area (Å²) < 4.78 is 27.4. The molecule has 0 saturated carbocycles. The van der Waals surface area contributed by atoms with Crippen LogP contribution >= 0.6 is 0 Å². The molecule has 0 atom stereocenters. The minimum Gasteiger partial charge on any atom is -0.344 e. The van der Waals surface area contributed by atoms with E-state index in [1.54, 1.807) is 0 Å². The van der Waals surface area contributed by atoms with Crippen molar-refractivity contribution in [1.82, 2.24) is 20.2 Å². The highest BCUT2D eigenvalue weighted by molar-refractivity contribution is 5.93. The van der Waals surface area contributed by atoms with Crippen LogP contribution in [0, 0.1) is 11.6 Å². The molecule has 0 spiro atoms. The average molecular weight is 330 g/mol. The maximum atomic E-state index is 13.1. The Kier molecular flexibility index (Phi) is 4.41. The predicted molar refractivity (Wildman–Crippen MR) is 82.6 cm³/mol. The van der Waals surface area contributed by atoms with Crippen LogP contribution in [-0.2, 0) is 4.79 Å². The van der Waals surface area contributed by atoms with Crippen LogP contribution < -0.4 is 10.6 Å². The number of carbonyl (C=O) groups excluding carboxylic acids is 1.